The quantitative estimate of drug-likeness (QED) is 0.107. The molecule has 4 nitrogen and oxygen atoms in total. The summed E-state index contributed by atoms with van der Waals surface area (Å²) in [5.41, 5.74) is 2.75. The number of hydrogen-bond donors (Lipinski definition) is 0. The third-order valence-corrected chi connectivity index (χ3v) is 6.66. The van der Waals surface area contributed by atoms with Crippen molar-refractivity contribution in [3.63, 3.8) is 0 Å². The van der Waals surface area contributed by atoms with Crippen molar-refractivity contribution in [3.8, 4) is 5.75 Å². The van der Waals surface area contributed by atoms with Gasteiger partial charge in [-0.2, -0.15) is 0 Å². The van der Waals surface area contributed by atoms with E-state index in [9.17, 15) is 4.79 Å². The highest BCUT2D eigenvalue weighted by molar-refractivity contribution is 5.69. The number of aryl methyl sites for hydroxylation is 1. The summed E-state index contributed by atoms with van der Waals surface area (Å²) in [5.74, 6) is 0.845. The van der Waals surface area contributed by atoms with E-state index in [1.54, 1.807) is 0 Å². The molecular weight excluding hydrogens is 446 g/mol. The van der Waals surface area contributed by atoms with Crippen LogP contribution < -0.4 is 4.74 Å². The van der Waals surface area contributed by atoms with Crippen molar-refractivity contribution < 1.29 is 18.8 Å². The van der Waals surface area contributed by atoms with Crippen molar-refractivity contribution in [2.45, 2.75) is 90.5 Å². The van der Waals surface area contributed by atoms with Crippen molar-refractivity contribution >= 4 is 5.97 Å². The van der Waals surface area contributed by atoms with Gasteiger partial charge in [0, 0.05) is 12.0 Å². The first-order valence-electron chi connectivity index (χ1n) is 14.2. The molecule has 0 aliphatic heterocycles. The number of nitrogens with zero attached hydrogens (tertiary/aromatic N) is 1. The second-order valence-corrected chi connectivity index (χ2v) is 10.7. The summed E-state index contributed by atoms with van der Waals surface area (Å²) in [6.45, 7) is 5.46. The molecule has 0 spiro atoms. The predicted octanol–water partition coefficient (Wildman–Crippen LogP) is 7.74. The molecule has 4 heteroatoms. The van der Waals surface area contributed by atoms with Crippen LogP contribution in [0.2, 0.25) is 0 Å². The maximum Gasteiger partial charge on any atom is 0.305 e. The molecule has 0 bridgehead atoms. The number of esters is 1. The fourth-order valence-corrected chi connectivity index (χ4v) is 4.48. The summed E-state index contributed by atoms with van der Waals surface area (Å²) in [5, 5.41) is 0. The highest BCUT2D eigenvalue weighted by Gasteiger charge is 2.15. The van der Waals surface area contributed by atoms with E-state index in [1.807, 2.05) is 0 Å². The number of quaternary nitrogens is 1. The molecule has 0 radical (unpaired) electrons. The van der Waals surface area contributed by atoms with Crippen LogP contribution in [0.5, 0.6) is 5.75 Å². The zero-order valence-electron chi connectivity index (χ0n) is 23.2. The number of carbonyl (C=O) groups excluding carboxylic acids is 1. The van der Waals surface area contributed by atoms with Crippen LogP contribution in [0.4, 0.5) is 0 Å². The molecule has 0 saturated carbocycles. The highest BCUT2D eigenvalue weighted by atomic mass is 16.5. The third-order valence-electron chi connectivity index (χ3n) is 6.66. The zero-order chi connectivity index (χ0) is 25.9. The SMILES string of the molecule is CCCCCCCCc1ccc(OCCCCOC(=O)CCCC[N+](C)(C)Cc2ccccc2)cc1. The minimum absolute atomic E-state index is 0.0785. The summed E-state index contributed by atoms with van der Waals surface area (Å²) in [4.78, 5) is 12.0. The number of ether oxygens (including phenoxy) is 2. The van der Waals surface area contributed by atoms with Gasteiger partial charge in [0.15, 0.2) is 0 Å². The maximum absolute atomic E-state index is 12.0. The largest absolute Gasteiger partial charge is 0.494 e. The molecule has 2 rings (SSSR count). The van der Waals surface area contributed by atoms with Gasteiger partial charge >= 0.3 is 5.97 Å². The van der Waals surface area contributed by atoms with Gasteiger partial charge in [0.25, 0.3) is 0 Å². The van der Waals surface area contributed by atoms with Gasteiger partial charge in [0.05, 0.1) is 33.9 Å². The standard InChI is InChI=1S/C32H50NO3/c1-4-5-6-7-8-10-17-29-21-23-31(24-22-29)35-26-15-16-27-36-32(34)20-13-14-25-33(2,3)28-30-18-11-9-12-19-30/h9,11-12,18-19,21-24H,4-8,10,13-17,20,25-28H2,1-3H3/q+1. The molecule has 0 aliphatic carbocycles. The Balaban J connectivity index is 1.45. The Morgan fingerprint density at radius 3 is 2.17 bits per heavy atom. The van der Waals surface area contributed by atoms with Gasteiger partial charge in [-0.25, -0.2) is 0 Å². The summed E-state index contributed by atoms with van der Waals surface area (Å²) in [7, 11) is 4.50. The second kappa shape index (κ2) is 18.0. The molecule has 2 aromatic rings. The normalized spacial score (nSPS) is 11.4. The minimum atomic E-state index is -0.0785. The first-order valence-corrected chi connectivity index (χ1v) is 14.2. The predicted molar refractivity (Wildman–Crippen MR) is 150 cm³/mol. The van der Waals surface area contributed by atoms with E-state index in [-0.39, 0.29) is 5.97 Å². The summed E-state index contributed by atoms with van der Waals surface area (Å²) < 4.78 is 12.2. The van der Waals surface area contributed by atoms with Crippen molar-refractivity contribution in [2.24, 2.45) is 0 Å². The first-order chi connectivity index (χ1) is 17.5. The van der Waals surface area contributed by atoms with E-state index in [0.717, 1.165) is 55.4 Å². The lowest BCUT2D eigenvalue weighted by atomic mass is 10.0. The van der Waals surface area contributed by atoms with Crippen molar-refractivity contribution in [1.82, 2.24) is 0 Å². The smallest absolute Gasteiger partial charge is 0.305 e. The summed E-state index contributed by atoms with van der Waals surface area (Å²) in [6, 6.07) is 19.1. The molecule has 0 aromatic heterocycles. The van der Waals surface area contributed by atoms with Crippen LogP contribution in [-0.4, -0.2) is 44.3 Å². The van der Waals surface area contributed by atoms with Crippen LogP contribution in [0.1, 0.15) is 88.7 Å². The Labute approximate surface area is 220 Å². The van der Waals surface area contributed by atoms with Crippen molar-refractivity contribution in [3.05, 3.63) is 65.7 Å². The molecule has 0 saturated heterocycles. The number of carbonyl (C=O) groups is 1. The van der Waals surface area contributed by atoms with E-state index in [4.69, 9.17) is 9.47 Å². The molecular formula is C32H50NO3+. The summed E-state index contributed by atoms with van der Waals surface area (Å²) >= 11 is 0. The van der Waals surface area contributed by atoms with E-state index in [0.29, 0.717) is 19.6 Å². The molecule has 200 valence electrons. The third kappa shape index (κ3) is 14.3. The lowest BCUT2D eigenvalue weighted by molar-refractivity contribution is -0.903. The van der Waals surface area contributed by atoms with Gasteiger partial charge in [-0.15, -0.1) is 0 Å². The number of unbranched alkanes of at least 4 members (excludes halogenated alkanes) is 7. The van der Waals surface area contributed by atoms with Gasteiger partial charge in [0.2, 0.25) is 0 Å². The Kier molecular flexibility index (Phi) is 14.9. The fraction of sp³-hybridized carbons (Fsp3) is 0.594. The van der Waals surface area contributed by atoms with Gasteiger partial charge in [-0.3, -0.25) is 4.79 Å². The molecule has 0 atom stereocenters. The van der Waals surface area contributed by atoms with Gasteiger partial charge in [0.1, 0.15) is 12.3 Å². The van der Waals surface area contributed by atoms with Crippen LogP contribution in [0.25, 0.3) is 0 Å². The van der Waals surface area contributed by atoms with E-state index in [1.165, 1.54) is 49.7 Å². The van der Waals surface area contributed by atoms with E-state index < -0.39 is 0 Å². The van der Waals surface area contributed by atoms with Crippen molar-refractivity contribution in [2.75, 3.05) is 33.9 Å². The minimum Gasteiger partial charge on any atom is -0.494 e. The van der Waals surface area contributed by atoms with Crippen molar-refractivity contribution in [1.29, 1.82) is 0 Å². The zero-order valence-corrected chi connectivity index (χ0v) is 23.2. The topological polar surface area (TPSA) is 35.5 Å². The van der Waals surface area contributed by atoms with E-state index in [2.05, 4.69) is 75.6 Å². The average Bonchev–Trinajstić information content (AvgIpc) is 2.87. The average molecular weight is 497 g/mol. The highest BCUT2D eigenvalue weighted by Crippen LogP contribution is 2.16. The molecule has 0 amide bonds. The van der Waals surface area contributed by atoms with Gasteiger partial charge in [-0.05, 0) is 56.2 Å². The summed E-state index contributed by atoms with van der Waals surface area (Å²) in [6.07, 6.45) is 13.3. The van der Waals surface area contributed by atoms with Crippen LogP contribution in [0, 0.1) is 0 Å². The lowest BCUT2D eigenvalue weighted by Gasteiger charge is -2.30. The molecule has 0 N–H and O–H groups in total. The molecule has 0 aliphatic rings. The molecule has 36 heavy (non-hydrogen) atoms. The second-order valence-electron chi connectivity index (χ2n) is 10.7. The number of hydrogen-bond acceptors (Lipinski definition) is 3. The Morgan fingerprint density at radius 1 is 0.722 bits per heavy atom. The van der Waals surface area contributed by atoms with Crippen LogP contribution in [0.3, 0.4) is 0 Å². The molecule has 0 heterocycles. The Bertz CT molecular complexity index is 817. The first kappa shape index (κ1) is 29.9. The van der Waals surface area contributed by atoms with Crippen LogP contribution in [0.15, 0.2) is 54.6 Å². The Hall–Kier alpha value is -2.33. The van der Waals surface area contributed by atoms with Gasteiger partial charge in [-0.1, -0.05) is 81.5 Å². The number of rotatable bonds is 20. The Morgan fingerprint density at radius 2 is 1.42 bits per heavy atom. The fourth-order valence-electron chi connectivity index (χ4n) is 4.48. The molecule has 2 aromatic carbocycles. The van der Waals surface area contributed by atoms with Crippen LogP contribution in [-0.2, 0) is 22.5 Å². The van der Waals surface area contributed by atoms with Crippen LogP contribution >= 0.6 is 0 Å². The number of benzene rings is 2. The van der Waals surface area contributed by atoms with Gasteiger partial charge < -0.3 is 14.0 Å². The molecule has 0 unspecified atom stereocenters. The van der Waals surface area contributed by atoms with E-state index >= 15 is 0 Å². The molecule has 0 fully saturated rings. The monoisotopic (exact) mass is 496 g/mol. The lowest BCUT2D eigenvalue weighted by Crippen LogP contribution is -2.39. The maximum atomic E-state index is 12.0.